The smallest absolute Gasteiger partial charge is 0.360 e. The summed E-state index contributed by atoms with van der Waals surface area (Å²) < 4.78 is 99.8. The summed E-state index contributed by atoms with van der Waals surface area (Å²) in [6, 6.07) is 28.0. The number of sulfonamides is 3. The molecule has 0 spiro atoms. The van der Waals surface area contributed by atoms with E-state index in [1.54, 1.807) is 92.7 Å². The van der Waals surface area contributed by atoms with Crippen LogP contribution in [0.4, 0.5) is 27.5 Å². The molecule has 0 saturated carbocycles. The molecular formula is C55H61N7O16S5. The number of carboxylic acid groups (broad SMARTS) is 2. The number of ether oxygens (including phenoxy) is 3. The van der Waals surface area contributed by atoms with Gasteiger partial charge in [-0.25, -0.2) is 57.8 Å². The number of carbonyl (C=O) groups is 5. The summed E-state index contributed by atoms with van der Waals surface area (Å²) >= 11 is 1.78. The van der Waals surface area contributed by atoms with Crippen molar-refractivity contribution in [1.82, 2.24) is 13.9 Å². The minimum Gasteiger partial charge on any atom is -0.480 e. The van der Waals surface area contributed by atoms with Gasteiger partial charge in [0.15, 0.2) is 23.0 Å². The summed E-state index contributed by atoms with van der Waals surface area (Å²) in [5.41, 5.74) is 4.25. The van der Waals surface area contributed by atoms with E-state index in [9.17, 15) is 59.4 Å². The lowest BCUT2D eigenvalue weighted by Crippen LogP contribution is -2.42. The number of hydrogen-bond acceptors (Lipinski definition) is 18. The summed E-state index contributed by atoms with van der Waals surface area (Å²) in [4.78, 5) is 64.1. The first-order chi connectivity index (χ1) is 39.4. The Morgan fingerprint density at radius 2 is 1.13 bits per heavy atom. The fraction of sp³-hybridized carbons (Fsp3) is 0.327. The number of carbonyl (C=O) groups excluding carboxylic acids is 3. The standard InChI is InChI=1S/C55H61N7O16S5/c1-4-56-55(69)59-43-17-7-5-11-37(43)32-82(72,73)61-23-21-40(22-24-61)58-42-16-10-14-36(28-42)50-34(2)49(77-31-48(65)66)52(80-50)54(68)78-53(67)51-45(76-30-47(63)64)29-46(79-51)35-13-9-15-41(27-35)57-39-19-25-62(26-20-39)83(74,75)33-38-12-6-8-18-44(38)60-81(3,70)71/h5-18,27-29,39-40,57-58,60H,4,19-26,30-33H2,1-3H3,(H,63,64)(H,65,66)(H2,56,59,69). The number of esters is 2. The van der Waals surface area contributed by atoms with Gasteiger partial charge in [0.05, 0.1) is 23.4 Å². The molecule has 4 aromatic carbocycles. The van der Waals surface area contributed by atoms with Crippen LogP contribution in [0.15, 0.2) is 103 Å². The van der Waals surface area contributed by atoms with Crippen LogP contribution < -0.4 is 35.5 Å². The molecule has 0 unspecified atom stereocenters. The van der Waals surface area contributed by atoms with E-state index in [1.807, 2.05) is 12.1 Å². The van der Waals surface area contributed by atoms with E-state index in [2.05, 4.69) is 26.0 Å². The highest BCUT2D eigenvalue weighted by atomic mass is 32.2. The van der Waals surface area contributed by atoms with Crippen molar-refractivity contribution >= 4 is 105 Å². The molecule has 8 rings (SSSR count). The summed E-state index contributed by atoms with van der Waals surface area (Å²) in [7, 11) is -11.2. The monoisotopic (exact) mass is 1240 g/mol. The van der Waals surface area contributed by atoms with Gasteiger partial charge in [0.1, 0.15) is 11.5 Å². The summed E-state index contributed by atoms with van der Waals surface area (Å²) in [6.07, 6.45) is 2.83. The van der Waals surface area contributed by atoms with Crippen molar-refractivity contribution in [1.29, 1.82) is 0 Å². The zero-order valence-electron chi connectivity index (χ0n) is 45.2. The number of anilines is 4. The second kappa shape index (κ2) is 26.8. The van der Waals surface area contributed by atoms with Gasteiger partial charge in [0.2, 0.25) is 30.1 Å². The lowest BCUT2D eigenvalue weighted by atomic mass is 10.0. The minimum atomic E-state index is -3.82. The third-order valence-corrected chi connectivity index (χ3v) is 20.0. The van der Waals surface area contributed by atoms with Crippen LogP contribution in [0.1, 0.15) is 68.6 Å². The predicted octanol–water partition coefficient (Wildman–Crippen LogP) is 7.70. The van der Waals surface area contributed by atoms with Crippen LogP contribution >= 0.6 is 22.7 Å². The van der Waals surface area contributed by atoms with Crippen molar-refractivity contribution in [3.63, 3.8) is 0 Å². The number of rotatable bonds is 24. The van der Waals surface area contributed by atoms with Crippen molar-refractivity contribution in [3.8, 4) is 32.4 Å². The second-order valence-corrected chi connectivity index (χ2v) is 27.3. The van der Waals surface area contributed by atoms with E-state index in [1.165, 1.54) is 20.7 Å². The molecule has 23 nitrogen and oxygen atoms in total. The summed E-state index contributed by atoms with van der Waals surface area (Å²) in [5.74, 6) is -6.04. The molecule has 2 aliphatic heterocycles. The fourth-order valence-electron chi connectivity index (χ4n) is 9.46. The molecule has 28 heteroatoms. The Morgan fingerprint density at radius 1 is 0.627 bits per heavy atom. The van der Waals surface area contributed by atoms with E-state index >= 15 is 0 Å². The number of aliphatic carboxylic acids is 2. The molecule has 0 atom stereocenters. The van der Waals surface area contributed by atoms with Gasteiger partial charge in [-0.2, -0.15) is 0 Å². The number of piperidine rings is 2. The maximum atomic E-state index is 14.1. The number of urea groups is 1. The van der Waals surface area contributed by atoms with E-state index in [-0.39, 0.29) is 71.0 Å². The first-order valence-corrected chi connectivity index (χ1v) is 32.8. The van der Waals surface area contributed by atoms with Gasteiger partial charge >= 0.3 is 29.9 Å². The number of nitrogens with one attached hydrogen (secondary N) is 5. The third kappa shape index (κ3) is 16.4. The van der Waals surface area contributed by atoms with Crippen LogP contribution in [0.2, 0.25) is 0 Å². The average Bonchev–Trinajstić information content (AvgIpc) is 3.92. The molecule has 2 amide bonds. The van der Waals surface area contributed by atoms with Crippen molar-refractivity contribution in [2.24, 2.45) is 0 Å². The maximum absolute atomic E-state index is 14.1. The topological polar surface area (TPSA) is 323 Å². The Balaban J connectivity index is 0.927. The van der Waals surface area contributed by atoms with Gasteiger partial charge < -0.3 is 45.7 Å². The zero-order chi connectivity index (χ0) is 59.6. The van der Waals surface area contributed by atoms with Gasteiger partial charge in [-0.15, -0.1) is 22.7 Å². The Hall–Kier alpha value is -7.60. The highest BCUT2D eigenvalue weighted by Crippen LogP contribution is 2.44. The molecule has 0 radical (unpaired) electrons. The van der Waals surface area contributed by atoms with Crippen molar-refractivity contribution in [2.75, 3.05) is 72.9 Å². The quantitative estimate of drug-likeness (QED) is 0.0225. The van der Waals surface area contributed by atoms with Crippen molar-refractivity contribution < 1.29 is 73.6 Å². The van der Waals surface area contributed by atoms with Crippen LogP contribution in [0.5, 0.6) is 11.5 Å². The minimum absolute atomic E-state index is 0.121. The molecule has 83 heavy (non-hydrogen) atoms. The first-order valence-electron chi connectivity index (χ1n) is 26.1. The van der Waals surface area contributed by atoms with Gasteiger partial charge in [-0.1, -0.05) is 60.7 Å². The Bertz CT molecular complexity index is 3740. The molecule has 0 bridgehead atoms. The number of nitrogens with zero attached hydrogens (tertiary/aromatic N) is 2. The van der Waals surface area contributed by atoms with E-state index in [0.717, 1.165) is 28.9 Å². The summed E-state index contributed by atoms with van der Waals surface area (Å²) in [6.45, 7) is 3.01. The lowest BCUT2D eigenvalue weighted by Gasteiger charge is -2.32. The largest absolute Gasteiger partial charge is 0.480 e. The Labute approximate surface area is 488 Å². The van der Waals surface area contributed by atoms with Gasteiger partial charge in [-0.3, -0.25) is 4.72 Å². The van der Waals surface area contributed by atoms with E-state index < -0.39 is 78.9 Å². The van der Waals surface area contributed by atoms with Crippen LogP contribution in [0, 0.1) is 6.92 Å². The highest BCUT2D eigenvalue weighted by Gasteiger charge is 2.33. The molecule has 2 aliphatic rings. The highest BCUT2D eigenvalue weighted by molar-refractivity contribution is 7.92. The number of benzene rings is 4. The van der Waals surface area contributed by atoms with E-state index in [0.29, 0.717) is 86.9 Å². The number of hydrogen-bond donors (Lipinski definition) is 7. The maximum Gasteiger partial charge on any atom is 0.360 e. The van der Waals surface area contributed by atoms with Gasteiger partial charge in [0, 0.05) is 77.2 Å². The average molecular weight is 1240 g/mol. The predicted molar refractivity (Wildman–Crippen MR) is 316 cm³/mol. The number of amides is 2. The number of para-hydroxylation sites is 2. The molecule has 2 fully saturated rings. The Kier molecular flexibility index (Phi) is 19.8. The van der Waals surface area contributed by atoms with Crippen LogP contribution in [0.3, 0.4) is 0 Å². The van der Waals surface area contributed by atoms with Crippen molar-refractivity contribution in [2.45, 2.75) is 63.1 Å². The molecular weight excluding hydrogens is 1170 g/mol. The molecule has 6 aromatic rings. The van der Waals surface area contributed by atoms with Crippen molar-refractivity contribution in [3.05, 3.63) is 130 Å². The first kappa shape index (κ1) is 61.5. The zero-order valence-corrected chi connectivity index (χ0v) is 49.3. The number of carboxylic acids is 2. The molecule has 7 N–H and O–H groups in total. The van der Waals surface area contributed by atoms with Crippen LogP contribution in [0.25, 0.3) is 20.9 Å². The lowest BCUT2D eigenvalue weighted by molar-refractivity contribution is -0.140. The fourth-order valence-corrected chi connectivity index (χ4v) is 15.3. The van der Waals surface area contributed by atoms with E-state index in [4.69, 9.17) is 14.2 Å². The van der Waals surface area contributed by atoms with Crippen LogP contribution in [-0.2, 0) is 55.9 Å². The molecule has 4 heterocycles. The molecule has 2 aromatic heterocycles. The van der Waals surface area contributed by atoms with Gasteiger partial charge in [-0.05, 0) is 104 Å². The van der Waals surface area contributed by atoms with Crippen LogP contribution in [-0.4, -0.2) is 138 Å². The second-order valence-electron chi connectivity index (χ2n) is 19.5. The third-order valence-electron chi connectivity index (χ3n) is 13.3. The molecule has 2 saturated heterocycles. The Morgan fingerprint density at radius 3 is 1.69 bits per heavy atom. The molecule has 442 valence electrons. The van der Waals surface area contributed by atoms with Gasteiger partial charge in [0.25, 0.3) is 0 Å². The normalized spacial score (nSPS) is 14.7. The SMILES string of the molecule is CCNC(=O)Nc1ccccc1CS(=O)(=O)N1CCC(Nc2cccc(-c3sc(C(=O)OC(=O)c4sc(-c5cccc(NC6CCN(S(=O)(=O)Cc7ccccc7NS(C)(=O)=O)CC6)c5)cc4OCC(=O)O)c(OCC(=O)O)c3C)c2)CC1. The summed E-state index contributed by atoms with van der Waals surface area (Å²) in [5, 5.41) is 31.3. The molecule has 0 aliphatic carbocycles. The number of thiophene rings is 2.